The molecule has 13 rings (SSSR count). The van der Waals surface area contributed by atoms with Crippen molar-refractivity contribution in [1.29, 1.82) is 16.2 Å². The van der Waals surface area contributed by atoms with E-state index in [0.717, 1.165) is 85.4 Å². The van der Waals surface area contributed by atoms with Crippen molar-refractivity contribution in [3.05, 3.63) is 279 Å². The molecule has 0 spiro atoms. The van der Waals surface area contributed by atoms with Crippen molar-refractivity contribution in [3.8, 4) is 23.0 Å². The number of halogens is 12. The highest BCUT2D eigenvalue weighted by atomic mass is 32.1. The zero-order valence-corrected chi connectivity index (χ0v) is 73.9. The quantitative estimate of drug-likeness (QED) is 0.00984. The maximum Gasteiger partial charge on any atom is 0.490 e. The Labute approximate surface area is 781 Å². The number of carboxylic acids is 4. The van der Waals surface area contributed by atoms with Gasteiger partial charge < -0.3 is 85.6 Å². The number of rotatable bonds is 27. The number of nitrogens with two attached hydrogens (primary N) is 3. The number of amides is 4. The molecule has 728 valence electrons. The number of alkyl carbamates (subject to hydrolysis) is 1. The summed E-state index contributed by atoms with van der Waals surface area (Å²) < 4.78 is 181. The summed E-state index contributed by atoms with van der Waals surface area (Å²) in [4.78, 5) is 88.9. The molecule has 0 radical (unpaired) electrons. The second-order valence-electron chi connectivity index (χ2n) is 27.6. The fraction of sp³-hybridized carbons (Fsp3) is 0.211. The molecule has 1 aliphatic rings. The minimum atomic E-state index is -5.08. The third-order valence-electron chi connectivity index (χ3n) is 17.7. The molecule has 137 heavy (non-hydrogen) atoms. The molecule has 1 aliphatic heterocycles. The highest BCUT2D eigenvalue weighted by Crippen LogP contribution is 2.40. The number of para-hydroxylation sites is 2. The maximum absolute atomic E-state index is 12.6. The predicted octanol–water partition coefficient (Wildman–Crippen LogP) is 19.3. The van der Waals surface area contributed by atoms with Crippen molar-refractivity contribution in [2.45, 2.75) is 63.0 Å². The Morgan fingerprint density at radius 2 is 0.708 bits per heavy atom. The number of aliphatic carboxylic acids is 4. The van der Waals surface area contributed by atoms with Crippen LogP contribution in [0.2, 0.25) is 0 Å². The van der Waals surface area contributed by atoms with Crippen LogP contribution in [0, 0.1) is 16.2 Å². The van der Waals surface area contributed by atoms with Crippen LogP contribution >= 0.6 is 34.0 Å². The van der Waals surface area contributed by atoms with E-state index in [0.29, 0.717) is 67.8 Å². The van der Waals surface area contributed by atoms with E-state index < -0.39 is 91.3 Å². The number of nitrogens with one attached hydrogen (secondary N) is 7. The summed E-state index contributed by atoms with van der Waals surface area (Å²) in [5.74, 6) is -8.55. The van der Waals surface area contributed by atoms with Gasteiger partial charge in [-0.25, -0.2) is 38.4 Å². The van der Waals surface area contributed by atoms with Crippen LogP contribution in [0.5, 0.6) is 23.0 Å². The molecule has 3 aromatic heterocycles. The number of alkyl halides is 12. The summed E-state index contributed by atoms with van der Waals surface area (Å²) >= 11 is 4.29. The lowest BCUT2D eigenvalue weighted by Crippen LogP contribution is -2.35. The number of morpholine rings is 1. The number of fused-ring (bicyclic) bond motifs is 3. The number of hydrogen-bond acceptors (Lipinski definition) is 24. The first-order valence-electron chi connectivity index (χ1n) is 39.6. The molecule has 0 aliphatic carbocycles. The topological polar surface area (TPSA) is 502 Å². The van der Waals surface area contributed by atoms with Crippen molar-refractivity contribution >= 4 is 147 Å². The molecule has 3 unspecified atom stereocenters. The molecular formula is C90H85F12N11O21S3. The number of methoxy groups -OCH3 is 1. The van der Waals surface area contributed by atoms with E-state index in [-0.39, 0.29) is 37.3 Å². The molecule has 47 heteroatoms. The van der Waals surface area contributed by atoms with Crippen LogP contribution in [0.3, 0.4) is 0 Å². The van der Waals surface area contributed by atoms with Gasteiger partial charge in [-0.05, 0) is 126 Å². The van der Waals surface area contributed by atoms with Gasteiger partial charge in [0.25, 0.3) is 0 Å². The first-order valence-corrected chi connectivity index (χ1v) is 42.0. The number of anilines is 3. The van der Waals surface area contributed by atoms with Gasteiger partial charge in [0.15, 0.2) is 18.3 Å². The lowest BCUT2D eigenvalue weighted by Gasteiger charge is -2.26. The number of carboxylic acid groups (broad SMARTS) is 4. The molecule has 1 saturated heterocycles. The molecule has 4 amide bonds. The Hall–Kier alpha value is -15.5. The van der Waals surface area contributed by atoms with Crippen LogP contribution < -0.4 is 57.4 Å². The molecule has 0 saturated carbocycles. The highest BCUT2D eigenvalue weighted by molar-refractivity contribution is 7.21. The SMILES string of the molecule is CCOc1ccccc1NC(=O)OCC(Oc1cccc2sc(C(=N)N)cc12)c1ccccc1.COC(=O)NCc1ccc(NC(=O)OCC(Oc2cccc3sc(C(=N)N)cc23)c2ccccc2)cc1.N=C(N)c1cc2c(OC(COC(=O)Nc3ccc(CN4CCOCC4)cc3)c3ccccc3)cccc2s1.O=C(O)C(F)(F)F.O=C(O)C(F)(F)F.O=C(O)C(F)(F)F.O=C(O)C(F)(F)F. The van der Waals surface area contributed by atoms with Gasteiger partial charge in [-0.1, -0.05) is 146 Å². The van der Waals surface area contributed by atoms with Crippen molar-refractivity contribution in [2.75, 3.05) is 75.8 Å². The Balaban J connectivity index is 0.000000245. The molecule has 32 nitrogen and oxygen atoms in total. The number of nitrogens with zero attached hydrogens (tertiary/aromatic N) is 1. The van der Waals surface area contributed by atoms with E-state index in [9.17, 15) is 71.9 Å². The van der Waals surface area contributed by atoms with E-state index in [1.165, 1.54) is 46.7 Å². The van der Waals surface area contributed by atoms with Crippen LogP contribution in [-0.2, 0) is 56.0 Å². The third-order valence-corrected chi connectivity index (χ3v) is 21.1. The van der Waals surface area contributed by atoms with Gasteiger partial charge in [-0.2, -0.15) is 52.7 Å². The summed E-state index contributed by atoms with van der Waals surface area (Å²) in [6.07, 6.45) is -24.3. The number of benzene rings is 9. The average Bonchev–Trinajstić information content (AvgIpc) is 1.67. The lowest BCUT2D eigenvalue weighted by atomic mass is 10.1. The second-order valence-corrected chi connectivity index (χ2v) is 30.8. The second kappa shape index (κ2) is 52.2. The zero-order valence-electron chi connectivity index (χ0n) is 71.5. The van der Waals surface area contributed by atoms with Gasteiger partial charge in [-0.3, -0.25) is 37.1 Å². The monoisotopic (exact) mass is 1980 g/mol. The average molecular weight is 1980 g/mol. The third kappa shape index (κ3) is 36.8. The van der Waals surface area contributed by atoms with Gasteiger partial charge in [0.2, 0.25) is 0 Å². The fourth-order valence-electron chi connectivity index (χ4n) is 11.3. The van der Waals surface area contributed by atoms with Crippen molar-refractivity contribution in [3.63, 3.8) is 0 Å². The number of hydrogen-bond donors (Lipinski definition) is 14. The molecule has 4 heterocycles. The van der Waals surface area contributed by atoms with Gasteiger partial charge in [0.1, 0.15) is 60.3 Å². The minimum Gasteiger partial charge on any atom is -0.492 e. The summed E-state index contributed by atoms with van der Waals surface area (Å²) in [7, 11) is 1.30. The zero-order chi connectivity index (χ0) is 101. The number of amidine groups is 3. The first kappa shape index (κ1) is 109. The minimum absolute atomic E-state index is 0.000441. The standard InChI is InChI=1S/C29H30N4O4S.C27H26N4O5S.C26H25N3O4S.4C2HF3O2/c30-28(31)27-17-23-24(7-4-8-26(23)38-27)37-25(21-5-2-1-3-6-21)19-36-29(34)32-22-11-9-20(10-12-22)18-33-13-15-35-16-14-33;1-34-26(32)30-15-17-10-12-19(13-11-17)31-27(33)35-16-22(18-6-3-2-4-7-18)36-21-8-5-9-23-20(21)14-24(37-23)25(28)29;1-2-31-21-12-7-6-11-19(21)29-26(30)32-16-22(17-9-4-3-5-10-17)33-20-13-8-14-23-18(20)15-24(34-23)25(27)28;4*3-2(4,5)1(6)7/h1-12,17,25H,13-16,18-19H2,(H3,30,31)(H,32,34);2-14,22H,15-16H2,1H3,(H3,28,29)(H,30,32)(H,31,33);3-15,22H,2,16H2,1H3,(H3,27,28)(H,29,30);4*(H,6,7). The summed E-state index contributed by atoms with van der Waals surface area (Å²) in [6, 6.07) is 73.3. The van der Waals surface area contributed by atoms with Gasteiger partial charge >= 0.3 is 73.0 Å². The van der Waals surface area contributed by atoms with E-state index in [4.69, 9.17) is 111 Å². The van der Waals surface area contributed by atoms with E-state index in [1.807, 2.05) is 207 Å². The number of ether oxygens (including phenoxy) is 9. The van der Waals surface area contributed by atoms with Crippen molar-refractivity contribution in [1.82, 2.24) is 10.2 Å². The van der Waals surface area contributed by atoms with Crippen LogP contribution in [-0.4, -0.2) is 176 Å². The Kier molecular flexibility index (Phi) is 41.4. The van der Waals surface area contributed by atoms with E-state index in [1.54, 1.807) is 36.4 Å². The lowest BCUT2D eigenvalue weighted by molar-refractivity contribution is -0.193. The largest absolute Gasteiger partial charge is 0.492 e. The van der Waals surface area contributed by atoms with Crippen LogP contribution in [0.25, 0.3) is 30.3 Å². The van der Waals surface area contributed by atoms with Crippen LogP contribution in [0.4, 0.5) is 88.9 Å². The van der Waals surface area contributed by atoms with E-state index in [2.05, 4.69) is 30.9 Å². The number of nitrogen functional groups attached to an aromatic ring is 3. The molecule has 1 fully saturated rings. The van der Waals surface area contributed by atoms with Crippen molar-refractivity contribution in [2.24, 2.45) is 17.2 Å². The molecule has 3 atom stereocenters. The number of carbonyl (C=O) groups is 8. The van der Waals surface area contributed by atoms with Crippen LogP contribution in [0.15, 0.2) is 237 Å². The molecule has 0 bridgehead atoms. The van der Waals surface area contributed by atoms with Gasteiger partial charge in [0.05, 0.1) is 47.2 Å². The summed E-state index contributed by atoms with van der Waals surface area (Å²) in [5.41, 5.74) is 23.4. The highest BCUT2D eigenvalue weighted by Gasteiger charge is 2.41. The number of carbonyl (C=O) groups excluding carboxylic acids is 4. The Bertz CT molecular complexity index is 5940. The molecule has 12 aromatic rings. The Morgan fingerprint density at radius 3 is 1.01 bits per heavy atom. The maximum atomic E-state index is 12.6. The van der Waals surface area contributed by atoms with Crippen LogP contribution in [0.1, 0.15) is 67.7 Å². The smallest absolute Gasteiger partial charge is 0.490 e. The first-order chi connectivity index (χ1) is 64.8. The molecule has 9 aromatic carbocycles. The normalized spacial score (nSPS) is 12.3. The van der Waals surface area contributed by atoms with E-state index >= 15 is 0 Å². The van der Waals surface area contributed by atoms with Crippen molar-refractivity contribution < 1.29 is 154 Å². The molecular weight excluding hydrogens is 1900 g/mol. The Morgan fingerprint density at radius 1 is 0.409 bits per heavy atom. The summed E-state index contributed by atoms with van der Waals surface area (Å²) in [6.45, 7) is 6.89. The predicted molar refractivity (Wildman–Crippen MR) is 483 cm³/mol. The fourth-order valence-corrected chi connectivity index (χ4v) is 14.1. The molecule has 17 N–H and O–H groups in total. The van der Waals surface area contributed by atoms with Gasteiger partial charge in [-0.15, -0.1) is 34.0 Å². The number of thiophene rings is 3. The van der Waals surface area contributed by atoms with Gasteiger partial charge in [0, 0.05) is 67.8 Å². The summed E-state index contributed by atoms with van der Waals surface area (Å²) in [5, 5.41) is 65.1.